The van der Waals surface area contributed by atoms with Crippen LogP contribution < -0.4 is 4.90 Å². The number of aryl methyl sites for hydroxylation is 1. The summed E-state index contributed by atoms with van der Waals surface area (Å²) in [4.78, 5) is 24.0. The first-order valence-electron chi connectivity index (χ1n) is 16.0. The normalized spacial score (nSPS) is 17.6. The van der Waals surface area contributed by atoms with Crippen molar-refractivity contribution in [2.45, 2.75) is 102 Å². The Balaban J connectivity index is 1.70. The van der Waals surface area contributed by atoms with Gasteiger partial charge < -0.3 is 15.1 Å². The molecule has 0 aliphatic carbocycles. The van der Waals surface area contributed by atoms with Gasteiger partial charge in [0.05, 0.1) is 10.3 Å². The van der Waals surface area contributed by atoms with Gasteiger partial charge in [0, 0.05) is 60.3 Å². The molecular formula is C36H47N2O7S+. The molecule has 0 amide bonds. The Bertz CT molecular complexity index is 1700. The number of hydrogen-bond donors (Lipinski definition) is 3. The molecule has 0 spiro atoms. The van der Waals surface area contributed by atoms with Gasteiger partial charge in [0.15, 0.2) is 5.71 Å². The van der Waals surface area contributed by atoms with Crippen LogP contribution in [0.4, 0.5) is 11.4 Å². The van der Waals surface area contributed by atoms with Gasteiger partial charge in [-0.05, 0) is 82.4 Å². The van der Waals surface area contributed by atoms with E-state index in [1.165, 1.54) is 17.2 Å². The van der Waals surface area contributed by atoms with Crippen LogP contribution in [0.15, 0.2) is 65.2 Å². The predicted molar refractivity (Wildman–Crippen MR) is 180 cm³/mol. The highest BCUT2D eigenvalue weighted by Gasteiger charge is 2.44. The summed E-state index contributed by atoms with van der Waals surface area (Å²) in [6, 6.07) is 11.2. The van der Waals surface area contributed by atoms with Gasteiger partial charge in [0.2, 0.25) is 5.69 Å². The first-order chi connectivity index (χ1) is 21.5. The quantitative estimate of drug-likeness (QED) is 0.105. The van der Waals surface area contributed by atoms with Gasteiger partial charge in [0.25, 0.3) is 10.1 Å². The van der Waals surface area contributed by atoms with Gasteiger partial charge in [0.1, 0.15) is 6.54 Å². The van der Waals surface area contributed by atoms with Crippen molar-refractivity contribution in [3.63, 3.8) is 0 Å². The van der Waals surface area contributed by atoms with E-state index in [9.17, 15) is 22.6 Å². The lowest BCUT2D eigenvalue weighted by molar-refractivity contribution is -0.438. The van der Waals surface area contributed by atoms with Crippen LogP contribution in [-0.2, 0) is 30.5 Å². The molecule has 2 aromatic carbocycles. The molecule has 0 unspecified atom stereocenters. The maximum absolute atomic E-state index is 12.0. The Hall–Kier alpha value is -3.76. The molecule has 2 heterocycles. The molecule has 4 rings (SSSR count). The van der Waals surface area contributed by atoms with E-state index in [1.54, 1.807) is 12.1 Å². The van der Waals surface area contributed by atoms with Crippen molar-refractivity contribution in [1.82, 2.24) is 0 Å². The molecule has 2 aliphatic rings. The van der Waals surface area contributed by atoms with Crippen molar-refractivity contribution in [2.24, 2.45) is 0 Å². The van der Waals surface area contributed by atoms with Gasteiger partial charge in [-0.1, -0.05) is 38.0 Å². The largest absolute Gasteiger partial charge is 0.481 e. The predicted octanol–water partition coefficient (Wildman–Crippen LogP) is 7.15. The molecule has 0 saturated carbocycles. The van der Waals surface area contributed by atoms with Crippen LogP contribution in [0.25, 0.3) is 0 Å². The second-order valence-corrected chi connectivity index (χ2v) is 14.9. The fourth-order valence-electron chi connectivity index (χ4n) is 6.76. The summed E-state index contributed by atoms with van der Waals surface area (Å²) in [5.41, 5.74) is 6.56. The molecule has 0 bridgehead atoms. The zero-order valence-electron chi connectivity index (χ0n) is 27.5. The minimum Gasteiger partial charge on any atom is -0.481 e. The average Bonchev–Trinajstić information content (AvgIpc) is 3.30. The molecule has 248 valence electrons. The van der Waals surface area contributed by atoms with Crippen molar-refractivity contribution in [1.29, 1.82) is 0 Å². The lowest BCUT2D eigenvalue weighted by atomic mass is 9.80. The van der Waals surface area contributed by atoms with E-state index in [2.05, 4.69) is 66.7 Å². The van der Waals surface area contributed by atoms with Gasteiger partial charge in [-0.15, -0.1) is 0 Å². The number of hydrogen-bond acceptors (Lipinski definition) is 5. The highest BCUT2D eigenvalue weighted by molar-refractivity contribution is 7.85. The van der Waals surface area contributed by atoms with Crippen molar-refractivity contribution in [3.8, 4) is 0 Å². The van der Waals surface area contributed by atoms with Gasteiger partial charge in [-0.25, -0.2) is 0 Å². The van der Waals surface area contributed by atoms with Crippen LogP contribution >= 0.6 is 0 Å². The summed E-state index contributed by atoms with van der Waals surface area (Å²) in [6.45, 7) is 12.0. The zero-order chi connectivity index (χ0) is 33.9. The molecule has 2 aliphatic heterocycles. The van der Waals surface area contributed by atoms with Crippen LogP contribution in [0, 0.1) is 6.92 Å². The van der Waals surface area contributed by atoms with Gasteiger partial charge >= 0.3 is 11.9 Å². The molecular weight excluding hydrogens is 604 g/mol. The number of allylic oxidation sites excluding steroid dienone is 4. The minimum absolute atomic E-state index is 0.123. The average molecular weight is 652 g/mol. The number of nitrogens with zero attached hydrogens (tertiary/aromatic N) is 2. The Morgan fingerprint density at radius 2 is 1.50 bits per heavy atom. The summed E-state index contributed by atoms with van der Waals surface area (Å²) < 4.78 is 36.1. The maximum Gasteiger partial charge on any atom is 0.303 e. The Labute approximate surface area is 272 Å². The Kier molecular flexibility index (Phi) is 10.6. The summed E-state index contributed by atoms with van der Waals surface area (Å²) in [5, 5.41) is 18.1. The summed E-state index contributed by atoms with van der Waals surface area (Å²) in [7, 11) is -4.38. The molecule has 10 heteroatoms. The third-order valence-electron chi connectivity index (χ3n) is 9.26. The van der Waals surface area contributed by atoms with E-state index in [4.69, 9.17) is 10.2 Å². The van der Waals surface area contributed by atoms with Crippen LogP contribution in [0.5, 0.6) is 0 Å². The van der Waals surface area contributed by atoms with E-state index < -0.39 is 27.5 Å². The lowest BCUT2D eigenvalue weighted by Gasteiger charge is -2.27. The topological polar surface area (TPSA) is 135 Å². The van der Waals surface area contributed by atoms with E-state index in [-0.39, 0.29) is 23.2 Å². The van der Waals surface area contributed by atoms with E-state index in [1.807, 2.05) is 13.8 Å². The van der Waals surface area contributed by atoms with Gasteiger partial charge in [-0.2, -0.15) is 13.0 Å². The number of carboxylic acid groups (broad SMARTS) is 2. The molecule has 3 N–H and O–H groups in total. The van der Waals surface area contributed by atoms with Crippen LogP contribution in [0.3, 0.4) is 0 Å². The number of unbranched alkanes of at least 4 members (excludes halogenated alkanes) is 4. The third kappa shape index (κ3) is 7.61. The first kappa shape index (κ1) is 35.1. The van der Waals surface area contributed by atoms with Gasteiger partial charge in [-0.3, -0.25) is 14.1 Å². The second-order valence-electron chi connectivity index (χ2n) is 13.4. The Morgan fingerprint density at radius 3 is 2.13 bits per heavy atom. The van der Waals surface area contributed by atoms with Crippen LogP contribution in [0.2, 0.25) is 0 Å². The number of fused-ring (bicyclic) bond motifs is 2. The molecule has 2 aromatic rings. The monoisotopic (exact) mass is 651 g/mol. The number of benzene rings is 2. The molecule has 0 atom stereocenters. The van der Waals surface area contributed by atoms with Crippen LogP contribution in [0.1, 0.15) is 95.8 Å². The second kappa shape index (κ2) is 13.9. The standard InChI is InChI=1S/C36H46N2O7S/c1-25-17-19-29-27(23-25)35(2,3)31(37(29)21-10-6-8-15-33(39)40)13-12-14-32-36(4,5)28-24-26(46(43,44)45)18-20-30(28)38(32)22-11-7-9-16-34(41)42/h12-14,17-20,23-24H,6-11,15-16,21-22H2,1-5H3,(H2-,39,40,41,42,43,44,45)/p+1. The summed E-state index contributed by atoms with van der Waals surface area (Å²) in [5.74, 6) is -1.58. The highest BCUT2D eigenvalue weighted by Crippen LogP contribution is 2.49. The smallest absolute Gasteiger partial charge is 0.303 e. The summed E-state index contributed by atoms with van der Waals surface area (Å²) in [6.07, 6.45) is 11.0. The summed E-state index contributed by atoms with van der Waals surface area (Å²) >= 11 is 0. The molecule has 9 nitrogen and oxygen atoms in total. The molecule has 0 saturated heterocycles. The molecule has 0 fully saturated rings. The lowest BCUT2D eigenvalue weighted by Crippen LogP contribution is -2.28. The van der Waals surface area contributed by atoms with E-state index in [0.717, 1.165) is 60.6 Å². The zero-order valence-corrected chi connectivity index (χ0v) is 28.4. The number of carboxylic acids is 2. The highest BCUT2D eigenvalue weighted by atomic mass is 32.2. The van der Waals surface area contributed by atoms with Crippen molar-refractivity contribution < 1.29 is 37.3 Å². The maximum atomic E-state index is 12.0. The SMILES string of the molecule is Cc1ccc2c(c1)C(C)(C)C(/C=C/C=C1/N(CCCCCC(=O)O)c3ccc(S(=O)(=O)O)cc3C1(C)C)=[N+]2CCCCCC(=O)O. The third-order valence-corrected chi connectivity index (χ3v) is 10.1. The Morgan fingerprint density at radius 1 is 0.848 bits per heavy atom. The number of carbonyl (C=O) groups is 2. The molecule has 46 heavy (non-hydrogen) atoms. The minimum atomic E-state index is -4.38. The van der Waals surface area contributed by atoms with E-state index >= 15 is 0 Å². The number of aliphatic carboxylic acids is 2. The molecule has 0 aromatic heterocycles. The fraction of sp³-hybridized carbons (Fsp3) is 0.472. The molecule has 0 radical (unpaired) electrons. The number of rotatable bonds is 15. The first-order valence-corrected chi connectivity index (χ1v) is 17.5. The van der Waals surface area contributed by atoms with Crippen molar-refractivity contribution in [2.75, 3.05) is 18.0 Å². The van der Waals surface area contributed by atoms with Crippen molar-refractivity contribution in [3.05, 3.63) is 77.0 Å². The van der Waals surface area contributed by atoms with Crippen molar-refractivity contribution >= 4 is 39.1 Å². The van der Waals surface area contributed by atoms with E-state index in [0.29, 0.717) is 19.4 Å². The fourth-order valence-corrected chi connectivity index (χ4v) is 7.27. The van der Waals surface area contributed by atoms with Crippen LogP contribution in [-0.4, -0.2) is 58.5 Å². The number of anilines is 1.